The van der Waals surface area contributed by atoms with Gasteiger partial charge >= 0.3 is 0 Å². The molecule has 0 heterocycles. The van der Waals surface area contributed by atoms with E-state index in [9.17, 15) is 0 Å². The summed E-state index contributed by atoms with van der Waals surface area (Å²) < 4.78 is 0. The molecule has 0 atom stereocenters. The lowest BCUT2D eigenvalue weighted by atomic mass is 10.0. The van der Waals surface area contributed by atoms with Crippen molar-refractivity contribution in [1.82, 2.24) is 0 Å². The van der Waals surface area contributed by atoms with Crippen molar-refractivity contribution >= 4 is 0 Å². The van der Waals surface area contributed by atoms with Crippen LogP contribution in [0.1, 0.15) is 43.7 Å². The molecule has 0 bridgehead atoms. The van der Waals surface area contributed by atoms with Crippen molar-refractivity contribution in [3.05, 3.63) is 35.4 Å². The molecule has 0 unspecified atom stereocenters. The predicted octanol–water partition coefficient (Wildman–Crippen LogP) is 3.31. The lowest BCUT2D eigenvalue weighted by molar-refractivity contribution is 0.666. The minimum atomic E-state index is 0.749. The van der Waals surface area contributed by atoms with Crippen LogP contribution in [0.5, 0.6) is 0 Å². The Morgan fingerprint density at radius 3 is 2.40 bits per heavy atom. The number of hydrogen-bond donors (Lipinski definition) is 1. The fourth-order valence-electron chi connectivity index (χ4n) is 1.86. The Hall–Kier alpha value is -0.820. The molecular formula is C14H23N. The van der Waals surface area contributed by atoms with E-state index in [-0.39, 0.29) is 0 Å². The predicted molar refractivity (Wildman–Crippen MR) is 67.0 cm³/mol. The minimum absolute atomic E-state index is 0.749. The van der Waals surface area contributed by atoms with Gasteiger partial charge in [-0.05, 0) is 36.9 Å². The monoisotopic (exact) mass is 205 g/mol. The quantitative estimate of drug-likeness (QED) is 0.679. The van der Waals surface area contributed by atoms with Gasteiger partial charge in [0.25, 0.3) is 0 Å². The van der Waals surface area contributed by atoms with Crippen molar-refractivity contribution in [1.29, 1.82) is 0 Å². The fourth-order valence-corrected chi connectivity index (χ4v) is 1.86. The second kappa shape index (κ2) is 7.47. The van der Waals surface area contributed by atoms with Crippen LogP contribution in [0.4, 0.5) is 0 Å². The molecule has 15 heavy (non-hydrogen) atoms. The van der Waals surface area contributed by atoms with Crippen molar-refractivity contribution in [3.8, 4) is 0 Å². The first-order valence-electron chi connectivity index (χ1n) is 6.14. The highest BCUT2D eigenvalue weighted by Gasteiger charge is 1.96. The molecule has 0 spiro atoms. The van der Waals surface area contributed by atoms with Crippen LogP contribution < -0.4 is 5.73 Å². The van der Waals surface area contributed by atoms with Crippen molar-refractivity contribution in [2.24, 2.45) is 5.73 Å². The lowest BCUT2D eigenvalue weighted by Gasteiger charge is -2.04. The number of aryl methyl sites for hydroxylation is 1. The van der Waals surface area contributed by atoms with E-state index in [1.807, 2.05) is 0 Å². The van der Waals surface area contributed by atoms with Gasteiger partial charge in [0.05, 0.1) is 0 Å². The Kier molecular flexibility index (Phi) is 6.10. The summed E-state index contributed by atoms with van der Waals surface area (Å²) in [6, 6.07) is 8.85. The Morgan fingerprint density at radius 1 is 1.00 bits per heavy atom. The van der Waals surface area contributed by atoms with Crippen molar-refractivity contribution in [3.63, 3.8) is 0 Å². The first-order valence-corrected chi connectivity index (χ1v) is 6.14. The zero-order valence-corrected chi connectivity index (χ0v) is 9.84. The summed E-state index contributed by atoms with van der Waals surface area (Å²) in [6.45, 7) is 3.00. The second-order valence-corrected chi connectivity index (χ2v) is 4.17. The summed E-state index contributed by atoms with van der Waals surface area (Å²) in [5, 5.41) is 0. The summed E-state index contributed by atoms with van der Waals surface area (Å²) in [6.07, 6.45) is 7.58. The number of rotatable bonds is 7. The topological polar surface area (TPSA) is 26.0 Å². The summed E-state index contributed by atoms with van der Waals surface area (Å²) in [5.74, 6) is 0. The first-order chi connectivity index (χ1) is 7.36. The largest absolute Gasteiger partial charge is 0.330 e. The lowest BCUT2D eigenvalue weighted by Crippen LogP contribution is -2.02. The first kappa shape index (κ1) is 12.3. The van der Waals surface area contributed by atoms with Crippen molar-refractivity contribution in [2.45, 2.75) is 45.4 Å². The van der Waals surface area contributed by atoms with Gasteiger partial charge in [-0.3, -0.25) is 0 Å². The van der Waals surface area contributed by atoms with Crippen LogP contribution in [-0.2, 0) is 12.8 Å². The van der Waals surface area contributed by atoms with Crippen LogP contribution in [0, 0.1) is 0 Å². The molecule has 0 saturated heterocycles. The molecule has 0 aliphatic rings. The Morgan fingerprint density at radius 2 is 1.73 bits per heavy atom. The van der Waals surface area contributed by atoms with Gasteiger partial charge in [-0.15, -0.1) is 0 Å². The van der Waals surface area contributed by atoms with Gasteiger partial charge in [0.1, 0.15) is 0 Å². The maximum atomic E-state index is 5.55. The van der Waals surface area contributed by atoms with E-state index in [2.05, 4.69) is 31.2 Å². The van der Waals surface area contributed by atoms with E-state index in [1.165, 1.54) is 43.2 Å². The molecule has 2 N–H and O–H groups in total. The Labute approximate surface area is 93.7 Å². The molecule has 0 aliphatic heterocycles. The van der Waals surface area contributed by atoms with Gasteiger partial charge in [-0.25, -0.2) is 0 Å². The third kappa shape index (κ3) is 4.98. The van der Waals surface area contributed by atoms with Crippen LogP contribution in [-0.4, -0.2) is 6.54 Å². The highest BCUT2D eigenvalue weighted by Crippen LogP contribution is 2.10. The number of unbranched alkanes of at least 4 members (excludes halogenated alkanes) is 3. The summed E-state index contributed by atoms with van der Waals surface area (Å²) in [4.78, 5) is 0. The van der Waals surface area contributed by atoms with Gasteiger partial charge in [0, 0.05) is 0 Å². The van der Waals surface area contributed by atoms with Gasteiger partial charge in [-0.2, -0.15) is 0 Å². The maximum absolute atomic E-state index is 5.55. The number of nitrogens with two attached hydrogens (primary N) is 1. The molecule has 84 valence electrons. The second-order valence-electron chi connectivity index (χ2n) is 4.17. The number of benzene rings is 1. The van der Waals surface area contributed by atoms with E-state index in [4.69, 9.17) is 5.73 Å². The Balaban J connectivity index is 2.36. The third-order valence-electron chi connectivity index (χ3n) is 2.74. The highest BCUT2D eigenvalue weighted by atomic mass is 14.5. The Bertz CT molecular complexity index is 268. The van der Waals surface area contributed by atoms with E-state index in [1.54, 1.807) is 0 Å². The highest BCUT2D eigenvalue weighted by molar-refractivity contribution is 5.23. The summed E-state index contributed by atoms with van der Waals surface area (Å²) >= 11 is 0. The van der Waals surface area contributed by atoms with Gasteiger partial charge < -0.3 is 5.73 Å². The van der Waals surface area contributed by atoms with Gasteiger partial charge in [0.15, 0.2) is 0 Å². The average molecular weight is 205 g/mol. The van der Waals surface area contributed by atoms with Crippen LogP contribution in [0.25, 0.3) is 0 Å². The van der Waals surface area contributed by atoms with E-state index in [0.717, 1.165) is 13.0 Å². The van der Waals surface area contributed by atoms with Gasteiger partial charge in [0.2, 0.25) is 0 Å². The van der Waals surface area contributed by atoms with Crippen LogP contribution >= 0.6 is 0 Å². The van der Waals surface area contributed by atoms with Crippen LogP contribution in [0.15, 0.2) is 24.3 Å². The molecule has 1 aromatic carbocycles. The molecule has 0 aromatic heterocycles. The molecule has 0 saturated carbocycles. The minimum Gasteiger partial charge on any atom is -0.330 e. The third-order valence-corrected chi connectivity index (χ3v) is 2.74. The normalized spacial score (nSPS) is 10.5. The van der Waals surface area contributed by atoms with Crippen LogP contribution in [0.2, 0.25) is 0 Å². The molecule has 0 fully saturated rings. The van der Waals surface area contributed by atoms with Crippen LogP contribution in [0.3, 0.4) is 0 Å². The smallest absolute Gasteiger partial charge is 0.00367 e. The molecule has 0 radical (unpaired) electrons. The fraction of sp³-hybridized carbons (Fsp3) is 0.571. The summed E-state index contributed by atoms with van der Waals surface area (Å²) in [7, 11) is 0. The zero-order chi connectivity index (χ0) is 10.9. The standard InChI is InChI=1S/C14H23N/c1-2-3-4-5-7-13-8-6-9-14(12-13)10-11-15/h6,8-9,12H,2-5,7,10-11,15H2,1H3. The number of hydrogen-bond acceptors (Lipinski definition) is 1. The molecule has 1 aromatic rings. The summed E-state index contributed by atoms with van der Waals surface area (Å²) in [5.41, 5.74) is 8.40. The van der Waals surface area contributed by atoms with E-state index >= 15 is 0 Å². The SMILES string of the molecule is CCCCCCc1cccc(CCN)c1. The van der Waals surface area contributed by atoms with E-state index < -0.39 is 0 Å². The molecule has 1 nitrogen and oxygen atoms in total. The molecule has 0 amide bonds. The zero-order valence-electron chi connectivity index (χ0n) is 9.84. The average Bonchev–Trinajstić information content (AvgIpc) is 2.26. The molecule has 1 heteroatoms. The van der Waals surface area contributed by atoms with E-state index in [0.29, 0.717) is 0 Å². The molecule has 1 rings (SSSR count). The maximum Gasteiger partial charge on any atom is -0.00367 e. The molecular weight excluding hydrogens is 182 g/mol. The molecule has 0 aliphatic carbocycles. The van der Waals surface area contributed by atoms with Crippen molar-refractivity contribution in [2.75, 3.05) is 6.54 Å². The van der Waals surface area contributed by atoms with Gasteiger partial charge in [-0.1, -0.05) is 50.5 Å². The van der Waals surface area contributed by atoms with Crippen molar-refractivity contribution < 1.29 is 0 Å².